The van der Waals surface area contributed by atoms with Gasteiger partial charge in [0.25, 0.3) is 0 Å². The fourth-order valence-electron chi connectivity index (χ4n) is 1.22. The molecule has 0 bridgehead atoms. The van der Waals surface area contributed by atoms with E-state index in [2.05, 4.69) is 53.2 Å². The standard InChI is InChI=1S/C11H15BrS/c1-2-13-9-11(8-12)10-6-4-3-5-7-10/h3-7,11H,2,8-9H2,1H3. The van der Waals surface area contributed by atoms with Gasteiger partial charge in [-0.05, 0) is 11.3 Å². The molecule has 1 rings (SSSR count). The van der Waals surface area contributed by atoms with Crippen LogP contribution < -0.4 is 0 Å². The Morgan fingerprint density at radius 1 is 1.31 bits per heavy atom. The molecule has 0 radical (unpaired) electrons. The fraction of sp³-hybridized carbons (Fsp3) is 0.455. The van der Waals surface area contributed by atoms with Crippen molar-refractivity contribution in [2.75, 3.05) is 16.8 Å². The molecule has 1 atom stereocenters. The van der Waals surface area contributed by atoms with Gasteiger partial charge in [0.2, 0.25) is 0 Å². The quantitative estimate of drug-likeness (QED) is 0.722. The van der Waals surface area contributed by atoms with Crippen molar-refractivity contribution in [2.24, 2.45) is 0 Å². The summed E-state index contributed by atoms with van der Waals surface area (Å²) in [5.41, 5.74) is 1.44. The van der Waals surface area contributed by atoms with Gasteiger partial charge in [0.1, 0.15) is 0 Å². The Morgan fingerprint density at radius 3 is 2.54 bits per heavy atom. The van der Waals surface area contributed by atoms with Crippen LogP contribution in [0, 0.1) is 0 Å². The SMILES string of the molecule is CCSCC(CBr)c1ccccc1. The van der Waals surface area contributed by atoms with Crippen LogP contribution in [-0.2, 0) is 0 Å². The van der Waals surface area contributed by atoms with Gasteiger partial charge in [-0.25, -0.2) is 0 Å². The van der Waals surface area contributed by atoms with Crippen LogP contribution in [0.5, 0.6) is 0 Å². The van der Waals surface area contributed by atoms with Gasteiger partial charge in [-0.1, -0.05) is 53.2 Å². The molecule has 0 aromatic heterocycles. The van der Waals surface area contributed by atoms with E-state index in [9.17, 15) is 0 Å². The minimum absolute atomic E-state index is 0.658. The van der Waals surface area contributed by atoms with Crippen LogP contribution in [0.2, 0.25) is 0 Å². The third-order valence-corrected chi connectivity index (χ3v) is 3.81. The number of rotatable bonds is 5. The molecular formula is C11H15BrS. The highest BCUT2D eigenvalue weighted by Gasteiger charge is 2.08. The van der Waals surface area contributed by atoms with E-state index in [4.69, 9.17) is 0 Å². The largest absolute Gasteiger partial charge is 0.162 e. The Bertz CT molecular complexity index is 223. The zero-order valence-electron chi connectivity index (χ0n) is 7.87. The number of benzene rings is 1. The van der Waals surface area contributed by atoms with Gasteiger partial charge in [0.15, 0.2) is 0 Å². The molecule has 1 unspecified atom stereocenters. The first-order valence-electron chi connectivity index (χ1n) is 4.57. The Hall–Kier alpha value is 0.0500. The van der Waals surface area contributed by atoms with Gasteiger partial charge in [-0.2, -0.15) is 11.8 Å². The molecule has 0 saturated carbocycles. The molecule has 1 aromatic carbocycles. The van der Waals surface area contributed by atoms with Gasteiger partial charge in [0, 0.05) is 17.0 Å². The predicted molar refractivity (Wildman–Crippen MR) is 66.0 cm³/mol. The summed E-state index contributed by atoms with van der Waals surface area (Å²) < 4.78 is 0. The molecule has 0 aliphatic rings. The first-order chi connectivity index (χ1) is 6.38. The molecule has 1 aromatic rings. The number of hydrogen-bond donors (Lipinski definition) is 0. The van der Waals surface area contributed by atoms with Crippen molar-refractivity contribution in [3.63, 3.8) is 0 Å². The summed E-state index contributed by atoms with van der Waals surface area (Å²) in [6.07, 6.45) is 0. The van der Waals surface area contributed by atoms with Crippen molar-refractivity contribution in [3.05, 3.63) is 35.9 Å². The average molecular weight is 259 g/mol. The molecule has 0 spiro atoms. The summed E-state index contributed by atoms with van der Waals surface area (Å²) in [5, 5.41) is 1.06. The second-order valence-electron chi connectivity index (χ2n) is 2.92. The summed E-state index contributed by atoms with van der Waals surface area (Å²) in [5.74, 6) is 3.08. The molecule has 0 nitrogen and oxygen atoms in total. The molecule has 2 heteroatoms. The first kappa shape index (κ1) is 11.1. The van der Waals surface area contributed by atoms with Crippen LogP contribution in [-0.4, -0.2) is 16.8 Å². The predicted octanol–water partition coefficient (Wildman–Crippen LogP) is 3.92. The zero-order valence-corrected chi connectivity index (χ0v) is 10.3. The monoisotopic (exact) mass is 258 g/mol. The van der Waals surface area contributed by atoms with Crippen LogP contribution in [0.1, 0.15) is 18.4 Å². The second kappa shape index (κ2) is 6.50. The van der Waals surface area contributed by atoms with Crippen molar-refractivity contribution >= 4 is 27.7 Å². The maximum absolute atomic E-state index is 3.57. The van der Waals surface area contributed by atoms with Crippen LogP contribution in [0.15, 0.2) is 30.3 Å². The summed E-state index contributed by atoms with van der Waals surface area (Å²) in [4.78, 5) is 0. The molecule has 0 fully saturated rings. The highest BCUT2D eigenvalue weighted by atomic mass is 79.9. The van der Waals surface area contributed by atoms with Crippen molar-refractivity contribution in [2.45, 2.75) is 12.8 Å². The topological polar surface area (TPSA) is 0 Å². The van der Waals surface area contributed by atoms with E-state index in [-0.39, 0.29) is 0 Å². The van der Waals surface area contributed by atoms with E-state index in [0.29, 0.717) is 5.92 Å². The number of halogens is 1. The minimum atomic E-state index is 0.658. The van der Waals surface area contributed by atoms with Crippen LogP contribution in [0.25, 0.3) is 0 Å². The van der Waals surface area contributed by atoms with E-state index in [0.717, 1.165) is 5.33 Å². The highest BCUT2D eigenvalue weighted by molar-refractivity contribution is 9.09. The van der Waals surface area contributed by atoms with Crippen LogP contribution in [0.3, 0.4) is 0 Å². The fourth-order valence-corrected chi connectivity index (χ4v) is 2.95. The lowest BCUT2D eigenvalue weighted by atomic mass is 10.0. The van der Waals surface area contributed by atoms with Gasteiger partial charge < -0.3 is 0 Å². The number of hydrogen-bond acceptors (Lipinski definition) is 1. The van der Waals surface area contributed by atoms with Crippen molar-refractivity contribution in [1.82, 2.24) is 0 Å². The Balaban J connectivity index is 2.56. The summed E-state index contributed by atoms with van der Waals surface area (Å²) in [6.45, 7) is 2.21. The van der Waals surface area contributed by atoms with Crippen LogP contribution >= 0.6 is 27.7 Å². The molecule has 13 heavy (non-hydrogen) atoms. The van der Waals surface area contributed by atoms with Crippen molar-refractivity contribution in [1.29, 1.82) is 0 Å². The maximum atomic E-state index is 3.57. The molecular weight excluding hydrogens is 244 g/mol. The lowest BCUT2D eigenvalue weighted by Crippen LogP contribution is -2.03. The Morgan fingerprint density at radius 2 is 2.00 bits per heavy atom. The highest BCUT2D eigenvalue weighted by Crippen LogP contribution is 2.22. The van der Waals surface area contributed by atoms with Gasteiger partial charge in [0.05, 0.1) is 0 Å². The molecule has 0 aliphatic carbocycles. The zero-order chi connectivity index (χ0) is 9.52. The third-order valence-electron chi connectivity index (χ3n) is 1.98. The minimum Gasteiger partial charge on any atom is -0.162 e. The maximum Gasteiger partial charge on any atom is 0.0108 e. The van der Waals surface area contributed by atoms with Crippen molar-refractivity contribution < 1.29 is 0 Å². The normalized spacial score (nSPS) is 12.8. The van der Waals surface area contributed by atoms with Gasteiger partial charge in [-0.15, -0.1) is 0 Å². The van der Waals surface area contributed by atoms with E-state index in [1.165, 1.54) is 17.1 Å². The van der Waals surface area contributed by atoms with E-state index >= 15 is 0 Å². The Kier molecular flexibility index (Phi) is 5.56. The van der Waals surface area contributed by atoms with Gasteiger partial charge in [-0.3, -0.25) is 0 Å². The van der Waals surface area contributed by atoms with Crippen molar-refractivity contribution in [3.8, 4) is 0 Å². The molecule has 0 N–H and O–H groups in total. The van der Waals surface area contributed by atoms with E-state index < -0.39 is 0 Å². The lowest BCUT2D eigenvalue weighted by molar-refractivity contribution is 0.902. The molecule has 0 heterocycles. The average Bonchev–Trinajstić information content (AvgIpc) is 2.21. The molecule has 0 amide bonds. The first-order valence-corrected chi connectivity index (χ1v) is 6.84. The summed E-state index contributed by atoms with van der Waals surface area (Å²) in [7, 11) is 0. The number of alkyl halides is 1. The van der Waals surface area contributed by atoms with Crippen LogP contribution in [0.4, 0.5) is 0 Å². The smallest absolute Gasteiger partial charge is 0.0108 e. The summed E-state index contributed by atoms with van der Waals surface area (Å²) >= 11 is 5.58. The lowest BCUT2D eigenvalue weighted by Gasteiger charge is -2.13. The third kappa shape index (κ3) is 3.74. The molecule has 0 saturated heterocycles. The van der Waals surface area contributed by atoms with Gasteiger partial charge >= 0.3 is 0 Å². The molecule has 0 aliphatic heterocycles. The Labute approximate surface area is 93.2 Å². The molecule has 72 valence electrons. The van der Waals surface area contributed by atoms with E-state index in [1.807, 2.05) is 11.8 Å². The summed E-state index contributed by atoms with van der Waals surface area (Å²) in [6, 6.07) is 10.7. The second-order valence-corrected chi connectivity index (χ2v) is 4.89. The van der Waals surface area contributed by atoms with E-state index in [1.54, 1.807) is 0 Å². The number of thioether (sulfide) groups is 1.